The van der Waals surface area contributed by atoms with Crippen LogP contribution >= 0.6 is 0 Å². The molecule has 1 saturated heterocycles. The quantitative estimate of drug-likeness (QED) is 0.504. The number of hydrogen-bond acceptors (Lipinski definition) is 7. The van der Waals surface area contributed by atoms with Crippen LogP contribution in [-0.2, 0) is 19.6 Å². The molecule has 2 N–H and O–H groups in total. The van der Waals surface area contributed by atoms with Crippen molar-refractivity contribution in [1.29, 1.82) is 0 Å². The minimum absolute atomic E-state index is 0.0646. The van der Waals surface area contributed by atoms with Crippen LogP contribution in [0.3, 0.4) is 0 Å². The Kier molecular flexibility index (Phi) is 7.03. The molecule has 1 aliphatic heterocycles. The standard InChI is InChI=1S/C23H27N5O5S/c1-17(28-11-3-10-24-28)23(29)25-19-6-9-21(27-12-14-33-15-13-27)22(16-19)34(30,31)26-18-4-7-20(32-2)8-5-18/h3-11,16-17,26H,12-15H2,1-2H3,(H,25,29). The first-order chi connectivity index (χ1) is 16.4. The zero-order chi connectivity index (χ0) is 24.1. The van der Waals surface area contributed by atoms with E-state index < -0.39 is 16.1 Å². The smallest absolute Gasteiger partial charge is 0.264 e. The number of amides is 1. The number of benzene rings is 2. The predicted octanol–water partition coefficient (Wildman–Crippen LogP) is 2.73. The summed E-state index contributed by atoms with van der Waals surface area (Å²) < 4.78 is 41.6. The minimum Gasteiger partial charge on any atom is -0.497 e. The van der Waals surface area contributed by atoms with Gasteiger partial charge in [-0.15, -0.1) is 0 Å². The highest BCUT2D eigenvalue weighted by Gasteiger charge is 2.25. The fourth-order valence-electron chi connectivity index (χ4n) is 3.62. The van der Waals surface area contributed by atoms with Crippen molar-refractivity contribution < 1.29 is 22.7 Å². The van der Waals surface area contributed by atoms with Gasteiger partial charge in [-0.3, -0.25) is 14.2 Å². The third kappa shape index (κ3) is 5.32. The SMILES string of the molecule is COc1ccc(NS(=O)(=O)c2cc(NC(=O)C(C)n3cccn3)ccc2N2CCOCC2)cc1. The summed E-state index contributed by atoms with van der Waals surface area (Å²) in [5.74, 6) is 0.308. The van der Waals surface area contributed by atoms with E-state index >= 15 is 0 Å². The van der Waals surface area contributed by atoms with E-state index in [1.807, 2.05) is 4.90 Å². The van der Waals surface area contributed by atoms with Crippen molar-refractivity contribution in [2.24, 2.45) is 0 Å². The predicted molar refractivity (Wildman–Crippen MR) is 129 cm³/mol. The lowest BCUT2D eigenvalue weighted by atomic mass is 10.2. The second kappa shape index (κ2) is 10.1. The van der Waals surface area contributed by atoms with E-state index in [0.29, 0.717) is 49.1 Å². The third-order valence-corrected chi connectivity index (χ3v) is 6.92. The normalized spacial score (nSPS) is 14.9. The third-order valence-electron chi connectivity index (χ3n) is 5.51. The van der Waals surface area contributed by atoms with Crippen LogP contribution in [0.1, 0.15) is 13.0 Å². The van der Waals surface area contributed by atoms with Gasteiger partial charge in [0.25, 0.3) is 10.0 Å². The average Bonchev–Trinajstić information content (AvgIpc) is 3.39. The van der Waals surface area contributed by atoms with Crippen molar-refractivity contribution in [3.05, 3.63) is 60.9 Å². The number of hydrogen-bond donors (Lipinski definition) is 2. The maximum atomic E-state index is 13.5. The van der Waals surface area contributed by atoms with E-state index in [0.717, 1.165) is 0 Å². The molecular weight excluding hydrogens is 458 g/mol. The molecule has 11 heteroatoms. The highest BCUT2D eigenvalue weighted by Crippen LogP contribution is 2.31. The van der Waals surface area contributed by atoms with Gasteiger partial charge in [-0.25, -0.2) is 8.42 Å². The molecule has 0 bridgehead atoms. The number of ether oxygens (including phenoxy) is 2. The van der Waals surface area contributed by atoms with Crippen molar-refractivity contribution in [3.63, 3.8) is 0 Å². The summed E-state index contributed by atoms with van der Waals surface area (Å²) in [5, 5.41) is 6.89. The molecule has 2 aromatic carbocycles. The highest BCUT2D eigenvalue weighted by atomic mass is 32.2. The van der Waals surface area contributed by atoms with Crippen LogP contribution in [0.2, 0.25) is 0 Å². The number of rotatable bonds is 8. The zero-order valence-electron chi connectivity index (χ0n) is 19.0. The monoisotopic (exact) mass is 485 g/mol. The second-order valence-electron chi connectivity index (χ2n) is 7.77. The van der Waals surface area contributed by atoms with Gasteiger partial charge in [0, 0.05) is 36.9 Å². The minimum atomic E-state index is -3.98. The summed E-state index contributed by atoms with van der Waals surface area (Å²) in [6.07, 6.45) is 3.29. The summed E-state index contributed by atoms with van der Waals surface area (Å²) >= 11 is 0. The number of nitrogens with zero attached hydrogens (tertiary/aromatic N) is 3. The molecule has 4 rings (SSSR count). The Labute approximate surface area is 198 Å². The van der Waals surface area contributed by atoms with Gasteiger partial charge in [-0.1, -0.05) is 0 Å². The number of carbonyl (C=O) groups excluding carboxylic acids is 1. The molecule has 1 unspecified atom stereocenters. The summed E-state index contributed by atoms with van der Waals surface area (Å²) in [5.41, 5.74) is 1.31. The van der Waals surface area contributed by atoms with E-state index in [-0.39, 0.29) is 10.8 Å². The van der Waals surface area contributed by atoms with Gasteiger partial charge in [0.05, 0.1) is 26.0 Å². The molecule has 1 aromatic heterocycles. The fraction of sp³-hybridized carbons (Fsp3) is 0.304. The fourth-order valence-corrected chi connectivity index (χ4v) is 4.93. The number of nitrogens with one attached hydrogen (secondary N) is 2. The lowest BCUT2D eigenvalue weighted by molar-refractivity contribution is -0.119. The first-order valence-electron chi connectivity index (χ1n) is 10.8. The first kappa shape index (κ1) is 23.6. The molecule has 1 fully saturated rings. The highest BCUT2D eigenvalue weighted by molar-refractivity contribution is 7.92. The number of morpholine rings is 1. The zero-order valence-corrected chi connectivity index (χ0v) is 19.8. The van der Waals surface area contributed by atoms with Crippen LogP contribution in [0, 0.1) is 0 Å². The van der Waals surface area contributed by atoms with Crippen LogP contribution in [0.25, 0.3) is 0 Å². The molecule has 34 heavy (non-hydrogen) atoms. The van der Waals surface area contributed by atoms with E-state index in [1.54, 1.807) is 68.9 Å². The molecule has 180 valence electrons. The largest absolute Gasteiger partial charge is 0.497 e. The Bertz CT molecular complexity index is 1220. The van der Waals surface area contributed by atoms with Crippen LogP contribution < -0.4 is 19.7 Å². The number of carbonyl (C=O) groups is 1. The summed E-state index contributed by atoms with van der Waals surface area (Å²) in [6, 6.07) is 12.7. The van der Waals surface area contributed by atoms with Gasteiger partial charge in [0.2, 0.25) is 5.91 Å². The molecule has 1 aliphatic rings. The first-order valence-corrected chi connectivity index (χ1v) is 12.3. The Morgan fingerprint density at radius 3 is 2.47 bits per heavy atom. The van der Waals surface area contributed by atoms with E-state index in [4.69, 9.17) is 9.47 Å². The Morgan fingerprint density at radius 1 is 1.12 bits per heavy atom. The molecule has 0 saturated carbocycles. The van der Waals surface area contributed by atoms with Crippen molar-refractivity contribution in [2.45, 2.75) is 17.9 Å². The van der Waals surface area contributed by atoms with Crippen LogP contribution in [0.15, 0.2) is 65.8 Å². The van der Waals surface area contributed by atoms with Crippen molar-refractivity contribution >= 4 is 33.0 Å². The molecular formula is C23H27N5O5S. The topological polar surface area (TPSA) is 115 Å². The van der Waals surface area contributed by atoms with Gasteiger partial charge in [0.15, 0.2) is 0 Å². The molecule has 1 amide bonds. The lowest BCUT2D eigenvalue weighted by Crippen LogP contribution is -2.37. The summed E-state index contributed by atoms with van der Waals surface area (Å²) in [4.78, 5) is 14.8. The van der Waals surface area contributed by atoms with Gasteiger partial charge in [0.1, 0.15) is 16.7 Å². The Morgan fingerprint density at radius 2 is 1.82 bits per heavy atom. The van der Waals surface area contributed by atoms with Crippen molar-refractivity contribution in [2.75, 3.05) is 48.4 Å². The van der Waals surface area contributed by atoms with E-state index in [2.05, 4.69) is 15.1 Å². The molecule has 0 aliphatic carbocycles. The Hall–Kier alpha value is -3.57. The van der Waals surface area contributed by atoms with Crippen LogP contribution in [-0.4, -0.2) is 57.5 Å². The number of sulfonamides is 1. The molecule has 1 atom stereocenters. The average molecular weight is 486 g/mol. The van der Waals surface area contributed by atoms with E-state index in [1.165, 1.54) is 10.7 Å². The molecule has 3 aromatic rings. The molecule has 10 nitrogen and oxygen atoms in total. The lowest BCUT2D eigenvalue weighted by Gasteiger charge is -2.30. The van der Waals surface area contributed by atoms with Gasteiger partial charge in [-0.2, -0.15) is 5.10 Å². The van der Waals surface area contributed by atoms with Crippen LogP contribution in [0.5, 0.6) is 5.75 Å². The maximum absolute atomic E-state index is 13.5. The summed E-state index contributed by atoms with van der Waals surface area (Å²) in [7, 11) is -2.43. The van der Waals surface area contributed by atoms with Gasteiger partial charge < -0.3 is 19.7 Å². The van der Waals surface area contributed by atoms with Gasteiger partial charge in [-0.05, 0) is 55.5 Å². The Balaban J connectivity index is 1.64. The summed E-state index contributed by atoms with van der Waals surface area (Å²) in [6.45, 7) is 3.85. The maximum Gasteiger partial charge on any atom is 0.264 e. The molecule has 0 spiro atoms. The molecule has 0 radical (unpaired) electrons. The van der Waals surface area contributed by atoms with Crippen LogP contribution in [0.4, 0.5) is 17.1 Å². The van der Waals surface area contributed by atoms with Crippen molar-refractivity contribution in [3.8, 4) is 5.75 Å². The van der Waals surface area contributed by atoms with E-state index in [9.17, 15) is 13.2 Å². The second-order valence-corrected chi connectivity index (χ2v) is 9.42. The number of anilines is 3. The number of aromatic nitrogens is 2. The van der Waals surface area contributed by atoms with Crippen molar-refractivity contribution in [1.82, 2.24) is 9.78 Å². The number of methoxy groups -OCH3 is 1. The molecule has 2 heterocycles. The van der Waals surface area contributed by atoms with Gasteiger partial charge >= 0.3 is 0 Å².